The summed E-state index contributed by atoms with van der Waals surface area (Å²) < 4.78 is 4.93. The molecule has 0 saturated carbocycles. The average Bonchev–Trinajstić information content (AvgIpc) is 2.20. The van der Waals surface area contributed by atoms with Crippen molar-refractivity contribution in [3.8, 4) is 0 Å². The third-order valence-electron chi connectivity index (χ3n) is 2.52. The van der Waals surface area contributed by atoms with E-state index in [2.05, 4.69) is 6.08 Å². The van der Waals surface area contributed by atoms with Gasteiger partial charge in [-0.1, -0.05) is 11.6 Å². The molecule has 0 unspecified atom stereocenters. The molecule has 15 heavy (non-hydrogen) atoms. The van der Waals surface area contributed by atoms with E-state index in [0.717, 1.165) is 19.3 Å². The average molecular weight is 210 g/mol. The molecule has 0 N–H and O–H groups in total. The first-order valence-electron chi connectivity index (χ1n) is 5.51. The first-order chi connectivity index (χ1) is 7.18. The molecule has 0 aromatic heterocycles. The van der Waals surface area contributed by atoms with Crippen LogP contribution in [0.3, 0.4) is 0 Å². The van der Waals surface area contributed by atoms with Crippen molar-refractivity contribution < 1.29 is 14.3 Å². The third kappa shape index (κ3) is 5.35. The highest BCUT2D eigenvalue weighted by Gasteiger charge is 2.07. The van der Waals surface area contributed by atoms with Crippen LogP contribution in [0.1, 0.15) is 45.4 Å². The van der Waals surface area contributed by atoms with Crippen LogP contribution in [-0.2, 0) is 14.3 Å². The monoisotopic (exact) mass is 210 g/mol. The molecule has 0 fully saturated rings. The second-order valence-electron chi connectivity index (χ2n) is 3.95. The lowest BCUT2D eigenvalue weighted by Crippen LogP contribution is -2.10. The lowest BCUT2D eigenvalue weighted by molar-refractivity contribution is -0.144. The lowest BCUT2D eigenvalue weighted by atomic mass is 10.1. The van der Waals surface area contributed by atoms with Crippen molar-refractivity contribution >= 4 is 11.8 Å². The van der Waals surface area contributed by atoms with Crippen molar-refractivity contribution in [1.82, 2.24) is 0 Å². The predicted octanol–water partition coefficient (Wildman–Crippen LogP) is 2.40. The summed E-state index contributed by atoms with van der Waals surface area (Å²) in [5, 5.41) is 0. The molecule has 1 aliphatic heterocycles. The van der Waals surface area contributed by atoms with Crippen LogP contribution in [0.2, 0.25) is 0 Å². The van der Waals surface area contributed by atoms with Crippen molar-refractivity contribution in [1.29, 1.82) is 0 Å². The van der Waals surface area contributed by atoms with Gasteiger partial charge in [0.2, 0.25) is 0 Å². The maximum absolute atomic E-state index is 11.3. The molecule has 1 aliphatic rings. The standard InChI is InChI=1S/C12H18O3/c1-10-4-2-3-5-12(14)15-9-8-11(13)7-6-10/h4H,2-3,5-9H2,1H3/b10-4-. The predicted molar refractivity (Wildman–Crippen MR) is 57.4 cm³/mol. The van der Waals surface area contributed by atoms with Gasteiger partial charge in [-0.05, 0) is 26.2 Å². The zero-order valence-corrected chi connectivity index (χ0v) is 9.25. The summed E-state index contributed by atoms with van der Waals surface area (Å²) in [6.45, 7) is 2.29. The number of cyclic esters (lactones) is 1. The zero-order valence-electron chi connectivity index (χ0n) is 9.25. The van der Waals surface area contributed by atoms with Crippen molar-refractivity contribution in [2.24, 2.45) is 0 Å². The molecule has 0 atom stereocenters. The minimum absolute atomic E-state index is 0.177. The fourth-order valence-corrected chi connectivity index (χ4v) is 1.51. The van der Waals surface area contributed by atoms with E-state index in [1.165, 1.54) is 5.57 Å². The van der Waals surface area contributed by atoms with Gasteiger partial charge in [-0.2, -0.15) is 0 Å². The van der Waals surface area contributed by atoms with Crippen LogP contribution in [0.4, 0.5) is 0 Å². The van der Waals surface area contributed by atoms with Crippen LogP contribution < -0.4 is 0 Å². The first-order valence-corrected chi connectivity index (χ1v) is 5.51. The summed E-state index contributed by atoms with van der Waals surface area (Å²) in [6, 6.07) is 0. The van der Waals surface area contributed by atoms with E-state index in [1.54, 1.807) is 0 Å². The molecule has 0 saturated heterocycles. The second-order valence-corrected chi connectivity index (χ2v) is 3.95. The first kappa shape index (κ1) is 12.0. The summed E-state index contributed by atoms with van der Waals surface area (Å²) in [6.07, 6.45) is 6.07. The van der Waals surface area contributed by atoms with Crippen LogP contribution in [0.15, 0.2) is 11.6 Å². The van der Waals surface area contributed by atoms with Crippen LogP contribution in [0.5, 0.6) is 0 Å². The minimum atomic E-state index is -0.186. The lowest BCUT2D eigenvalue weighted by Gasteiger charge is -2.06. The second kappa shape index (κ2) is 6.38. The van der Waals surface area contributed by atoms with Gasteiger partial charge in [0, 0.05) is 19.3 Å². The van der Waals surface area contributed by atoms with Gasteiger partial charge in [-0.25, -0.2) is 0 Å². The molecule has 1 rings (SSSR count). The Morgan fingerprint density at radius 1 is 1.13 bits per heavy atom. The molecule has 3 heteroatoms. The number of ketones is 1. The molecule has 1 heterocycles. The number of hydrogen-bond acceptors (Lipinski definition) is 3. The van der Waals surface area contributed by atoms with Gasteiger partial charge in [0.25, 0.3) is 0 Å². The van der Waals surface area contributed by atoms with Crippen LogP contribution in [0, 0.1) is 0 Å². The van der Waals surface area contributed by atoms with Crippen molar-refractivity contribution in [3.05, 3.63) is 11.6 Å². The van der Waals surface area contributed by atoms with Crippen LogP contribution >= 0.6 is 0 Å². The Balaban J connectivity index is 2.48. The van der Waals surface area contributed by atoms with Gasteiger partial charge in [-0.3, -0.25) is 9.59 Å². The summed E-state index contributed by atoms with van der Waals surface area (Å²) in [5.74, 6) is -0.00875. The van der Waals surface area contributed by atoms with Crippen molar-refractivity contribution in [2.45, 2.75) is 45.4 Å². The molecule has 0 radical (unpaired) electrons. The Bertz CT molecular complexity index is 266. The van der Waals surface area contributed by atoms with Crippen molar-refractivity contribution in [2.75, 3.05) is 6.61 Å². The topological polar surface area (TPSA) is 43.4 Å². The summed E-state index contributed by atoms with van der Waals surface area (Å²) >= 11 is 0. The van der Waals surface area contributed by atoms with Gasteiger partial charge >= 0.3 is 5.97 Å². The van der Waals surface area contributed by atoms with E-state index >= 15 is 0 Å². The highest BCUT2D eigenvalue weighted by molar-refractivity contribution is 5.79. The van der Waals surface area contributed by atoms with Crippen LogP contribution in [-0.4, -0.2) is 18.4 Å². The summed E-state index contributed by atoms with van der Waals surface area (Å²) in [5.41, 5.74) is 1.25. The number of carbonyl (C=O) groups is 2. The fourth-order valence-electron chi connectivity index (χ4n) is 1.51. The van der Waals surface area contributed by atoms with E-state index in [4.69, 9.17) is 4.74 Å². The largest absolute Gasteiger partial charge is 0.465 e. The number of rotatable bonds is 0. The minimum Gasteiger partial charge on any atom is -0.465 e. The van der Waals surface area contributed by atoms with E-state index in [-0.39, 0.29) is 18.4 Å². The maximum atomic E-state index is 11.3. The van der Waals surface area contributed by atoms with Crippen LogP contribution in [0.25, 0.3) is 0 Å². The number of Topliss-reactive ketones (excluding diaryl/α,β-unsaturated/α-hetero) is 1. The Kier molecular flexibility index (Phi) is 5.08. The smallest absolute Gasteiger partial charge is 0.305 e. The van der Waals surface area contributed by atoms with E-state index in [9.17, 15) is 9.59 Å². The van der Waals surface area contributed by atoms with Gasteiger partial charge in [-0.15, -0.1) is 0 Å². The fraction of sp³-hybridized carbons (Fsp3) is 0.667. The Morgan fingerprint density at radius 2 is 1.93 bits per heavy atom. The van der Waals surface area contributed by atoms with Gasteiger partial charge in [0.15, 0.2) is 0 Å². The highest BCUT2D eigenvalue weighted by Crippen LogP contribution is 2.10. The van der Waals surface area contributed by atoms with E-state index in [0.29, 0.717) is 19.3 Å². The number of hydrogen-bond donors (Lipinski definition) is 0. The third-order valence-corrected chi connectivity index (χ3v) is 2.52. The number of ether oxygens (including phenoxy) is 1. The Labute approximate surface area is 90.5 Å². The van der Waals surface area contributed by atoms with Crippen molar-refractivity contribution in [3.63, 3.8) is 0 Å². The normalized spacial score (nSPS) is 24.5. The molecule has 0 bridgehead atoms. The summed E-state index contributed by atoms with van der Waals surface area (Å²) in [4.78, 5) is 22.5. The van der Waals surface area contributed by atoms with Gasteiger partial charge in [0.1, 0.15) is 5.78 Å². The zero-order chi connectivity index (χ0) is 11.1. The maximum Gasteiger partial charge on any atom is 0.305 e. The Morgan fingerprint density at radius 3 is 2.73 bits per heavy atom. The van der Waals surface area contributed by atoms with Gasteiger partial charge in [0.05, 0.1) is 6.61 Å². The van der Waals surface area contributed by atoms with Gasteiger partial charge < -0.3 is 4.74 Å². The Hall–Kier alpha value is -1.12. The van der Waals surface area contributed by atoms with E-state index in [1.807, 2.05) is 6.92 Å². The quantitative estimate of drug-likeness (QED) is 0.455. The number of esters is 1. The molecular weight excluding hydrogens is 192 g/mol. The SMILES string of the molecule is C/C1=C/CCCC(=O)OCCC(=O)CC1. The molecule has 0 amide bonds. The molecule has 0 aliphatic carbocycles. The molecule has 0 aromatic carbocycles. The molecular formula is C12H18O3. The highest BCUT2D eigenvalue weighted by atomic mass is 16.5. The number of allylic oxidation sites excluding steroid dienone is 2. The van der Waals surface area contributed by atoms with E-state index < -0.39 is 0 Å². The molecule has 0 spiro atoms. The number of carbonyl (C=O) groups excluding carboxylic acids is 2. The molecule has 84 valence electrons. The molecule has 0 aromatic rings. The molecule has 3 nitrogen and oxygen atoms in total. The summed E-state index contributed by atoms with van der Waals surface area (Å²) in [7, 11) is 0.